The summed E-state index contributed by atoms with van der Waals surface area (Å²) in [6, 6.07) is 9.97. The summed E-state index contributed by atoms with van der Waals surface area (Å²) < 4.78 is 48.6. The number of fused-ring (bicyclic) bond motifs is 1. The lowest BCUT2D eigenvalue weighted by atomic mass is 9.85. The number of nitrogens with one attached hydrogen (secondary N) is 1. The molecule has 0 amide bonds. The molecule has 1 aromatic carbocycles. The first-order valence-electron chi connectivity index (χ1n) is 9.96. The van der Waals surface area contributed by atoms with Gasteiger partial charge in [-0.25, -0.2) is 9.97 Å². The number of halogens is 3. The minimum absolute atomic E-state index is 0.0608. The molecule has 0 spiro atoms. The molecule has 0 aliphatic carbocycles. The molecular formula is C22H21F3N6O2. The standard InChI is InChI=1S/C22H21F3N6O2/c1-21(2,3)14-9-12(32-11-22(23,24)25)8-13-15(26)10-16(28-18(13)14)19-30-31-20(33-19)29-17-6-4-5-7-27-17/h4-10H,11H2,1-3H3,(H2,26,28)(H,27,29,31). The zero-order valence-electron chi connectivity index (χ0n) is 18.1. The van der Waals surface area contributed by atoms with Crippen LogP contribution in [0.15, 0.2) is 47.0 Å². The second-order valence-electron chi connectivity index (χ2n) is 8.37. The van der Waals surface area contributed by atoms with Crippen molar-refractivity contribution in [1.29, 1.82) is 0 Å². The number of hydrogen-bond donors (Lipinski definition) is 2. The highest BCUT2D eigenvalue weighted by molar-refractivity contribution is 5.95. The number of rotatable bonds is 5. The molecule has 172 valence electrons. The number of benzene rings is 1. The van der Waals surface area contributed by atoms with E-state index in [9.17, 15) is 13.2 Å². The summed E-state index contributed by atoms with van der Waals surface area (Å²) in [4.78, 5) is 8.78. The third-order valence-corrected chi connectivity index (χ3v) is 4.67. The van der Waals surface area contributed by atoms with E-state index in [-0.39, 0.29) is 23.3 Å². The number of pyridine rings is 2. The number of anilines is 3. The van der Waals surface area contributed by atoms with Crippen LogP contribution in [-0.4, -0.2) is 32.9 Å². The van der Waals surface area contributed by atoms with Crippen molar-refractivity contribution in [2.45, 2.75) is 32.4 Å². The highest BCUT2D eigenvalue weighted by Gasteiger charge is 2.29. The molecule has 3 aromatic heterocycles. The van der Waals surface area contributed by atoms with Crippen molar-refractivity contribution >= 4 is 28.4 Å². The van der Waals surface area contributed by atoms with Crippen LogP contribution in [-0.2, 0) is 5.41 Å². The van der Waals surface area contributed by atoms with Crippen LogP contribution >= 0.6 is 0 Å². The highest BCUT2D eigenvalue weighted by Crippen LogP contribution is 2.37. The Morgan fingerprint density at radius 3 is 2.55 bits per heavy atom. The monoisotopic (exact) mass is 458 g/mol. The van der Waals surface area contributed by atoms with Gasteiger partial charge in [-0.1, -0.05) is 31.9 Å². The summed E-state index contributed by atoms with van der Waals surface area (Å²) in [5, 5.41) is 11.3. The van der Waals surface area contributed by atoms with E-state index in [1.807, 2.05) is 20.8 Å². The lowest BCUT2D eigenvalue weighted by Crippen LogP contribution is -2.20. The lowest BCUT2D eigenvalue weighted by molar-refractivity contribution is -0.153. The third kappa shape index (κ3) is 5.13. The molecule has 0 saturated heterocycles. The quantitative estimate of drug-likeness (QED) is 0.417. The molecule has 0 atom stereocenters. The normalized spacial score (nSPS) is 12.2. The van der Waals surface area contributed by atoms with Crippen LogP contribution in [0.1, 0.15) is 26.3 Å². The van der Waals surface area contributed by atoms with Crippen molar-refractivity contribution in [1.82, 2.24) is 20.2 Å². The molecule has 11 heteroatoms. The van der Waals surface area contributed by atoms with E-state index in [2.05, 4.69) is 25.5 Å². The zero-order valence-corrected chi connectivity index (χ0v) is 18.1. The van der Waals surface area contributed by atoms with Crippen molar-refractivity contribution in [2.24, 2.45) is 0 Å². The molecule has 0 aliphatic heterocycles. The van der Waals surface area contributed by atoms with Crippen LogP contribution in [0.3, 0.4) is 0 Å². The number of nitrogen functional groups attached to an aromatic ring is 1. The van der Waals surface area contributed by atoms with E-state index in [1.165, 1.54) is 12.1 Å². The largest absolute Gasteiger partial charge is 0.484 e. The van der Waals surface area contributed by atoms with Gasteiger partial charge in [0.1, 0.15) is 17.3 Å². The minimum atomic E-state index is -4.45. The smallest absolute Gasteiger partial charge is 0.422 e. The highest BCUT2D eigenvalue weighted by atomic mass is 19.4. The molecule has 0 fully saturated rings. The lowest BCUT2D eigenvalue weighted by Gasteiger charge is -2.23. The molecule has 0 unspecified atom stereocenters. The van der Waals surface area contributed by atoms with Crippen LogP contribution in [0.25, 0.3) is 22.5 Å². The Kier molecular flexibility index (Phi) is 5.56. The van der Waals surface area contributed by atoms with Gasteiger partial charge in [0.15, 0.2) is 6.61 Å². The fourth-order valence-electron chi connectivity index (χ4n) is 3.18. The summed E-state index contributed by atoms with van der Waals surface area (Å²) in [5.74, 6) is 0.713. The maximum atomic E-state index is 12.7. The van der Waals surface area contributed by atoms with Gasteiger partial charge in [-0.15, -0.1) is 5.10 Å². The predicted molar refractivity (Wildman–Crippen MR) is 117 cm³/mol. The Hall–Kier alpha value is -3.89. The van der Waals surface area contributed by atoms with E-state index < -0.39 is 18.2 Å². The summed E-state index contributed by atoms with van der Waals surface area (Å²) in [7, 11) is 0. The Bertz CT molecular complexity index is 1280. The van der Waals surface area contributed by atoms with Crippen LogP contribution < -0.4 is 15.8 Å². The number of hydrogen-bond acceptors (Lipinski definition) is 8. The summed E-state index contributed by atoms with van der Waals surface area (Å²) in [6.07, 6.45) is -2.84. The Morgan fingerprint density at radius 2 is 1.88 bits per heavy atom. The number of nitrogens with two attached hydrogens (primary N) is 1. The molecule has 33 heavy (non-hydrogen) atoms. The number of alkyl halides is 3. The van der Waals surface area contributed by atoms with Gasteiger partial charge in [-0.2, -0.15) is 13.2 Å². The molecule has 4 aromatic rings. The molecule has 0 aliphatic rings. The molecule has 4 rings (SSSR count). The van der Waals surface area contributed by atoms with E-state index >= 15 is 0 Å². The fourth-order valence-corrected chi connectivity index (χ4v) is 3.18. The first-order chi connectivity index (χ1) is 15.5. The molecule has 8 nitrogen and oxygen atoms in total. The van der Waals surface area contributed by atoms with E-state index in [4.69, 9.17) is 14.9 Å². The minimum Gasteiger partial charge on any atom is -0.484 e. The van der Waals surface area contributed by atoms with E-state index in [1.54, 1.807) is 30.5 Å². The van der Waals surface area contributed by atoms with Crippen molar-refractivity contribution in [2.75, 3.05) is 17.7 Å². The zero-order chi connectivity index (χ0) is 23.8. The molecule has 3 heterocycles. The van der Waals surface area contributed by atoms with Crippen LogP contribution in [0, 0.1) is 0 Å². The fraction of sp³-hybridized carbons (Fsp3) is 0.273. The Balaban J connectivity index is 1.74. The Morgan fingerprint density at radius 1 is 1.09 bits per heavy atom. The van der Waals surface area contributed by atoms with E-state index in [0.717, 1.165) is 0 Å². The van der Waals surface area contributed by atoms with Crippen LogP contribution in [0.4, 0.5) is 30.7 Å². The van der Waals surface area contributed by atoms with Crippen molar-refractivity contribution in [3.8, 4) is 17.3 Å². The third-order valence-electron chi connectivity index (χ3n) is 4.67. The first kappa shape index (κ1) is 22.3. The van der Waals surface area contributed by atoms with Gasteiger partial charge < -0.3 is 14.9 Å². The van der Waals surface area contributed by atoms with Crippen LogP contribution in [0.5, 0.6) is 5.75 Å². The van der Waals surface area contributed by atoms with Crippen LogP contribution in [0.2, 0.25) is 0 Å². The Labute approximate surface area is 187 Å². The maximum absolute atomic E-state index is 12.7. The maximum Gasteiger partial charge on any atom is 0.422 e. The summed E-state index contributed by atoms with van der Waals surface area (Å²) >= 11 is 0. The van der Waals surface area contributed by atoms with Gasteiger partial charge in [0.05, 0.1) is 5.52 Å². The van der Waals surface area contributed by atoms with Gasteiger partial charge >= 0.3 is 12.2 Å². The second kappa shape index (κ2) is 8.23. The first-order valence-corrected chi connectivity index (χ1v) is 9.96. The van der Waals surface area contributed by atoms with Crippen molar-refractivity contribution in [3.05, 3.63) is 48.2 Å². The molecule has 0 radical (unpaired) electrons. The van der Waals surface area contributed by atoms with E-state index in [0.29, 0.717) is 28.0 Å². The SMILES string of the molecule is CC(C)(C)c1cc(OCC(F)(F)F)cc2c(N)cc(-c3nnc(Nc4ccccn4)o3)nc12. The topological polar surface area (TPSA) is 112 Å². The average Bonchev–Trinajstić information content (AvgIpc) is 3.20. The molecule has 0 bridgehead atoms. The predicted octanol–water partition coefficient (Wildman–Crippen LogP) is 5.24. The summed E-state index contributed by atoms with van der Waals surface area (Å²) in [6.45, 7) is 4.35. The number of ether oxygens (including phenoxy) is 1. The number of aromatic nitrogens is 4. The van der Waals surface area contributed by atoms with Gasteiger partial charge in [-0.05, 0) is 41.3 Å². The van der Waals surface area contributed by atoms with Gasteiger partial charge in [0.25, 0.3) is 5.89 Å². The number of nitrogens with zero attached hydrogens (tertiary/aromatic N) is 4. The van der Waals surface area contributed by atoms with Crippen molar-refractivity contribution < 1.29 is 22.3 Å². The van der Waals surface area contributed by atoms with Crippen molar-refractivity contribution in [3.63, 3.8) is 0 Å². The molecule has 0 saturated carbocycles. The second-order valence-corrected chi connectivity index (χ2v) is 8.37. The molecular weight excluding hydrogens is 437 g/mol. The van der Waals surface area contributed by atoms with Gasteiger partial charge in [0, 0.05) is 17.3 Å². The average molecular weight is 458 g/mol. The van der Waals surface area contributed by atoms with Gasteiger partial charge in [-0.3, -0.25) is 5.32 Å². The summed E-state index contributed by atoms with van der Waals surface area (Å²) in [5.41, 5.74) is 7.58. The van der Waals surface area contributed by atoms with Gasteiger partial charge in [0.2, 0.25) is 0 Å². The molecule has 3 N–H and O–H groups in total.